The summed E-state index contributed by atoms with van der Waals surface area (Å²) in [6.07, 6.45) is 7.95. The van der Waals surface area contributed by atoms with Gasteiger partial charge in [-0.2, -0.15) is 0 Å². The number of benzene rings is 1. The highest BCUT2D eigenvalue weighted by Crippen LogP contribution is 2.37. The molecule has 2 amide bonds. The van der Waals surface area contributed by atoms with Crippen molar-refractivity contribution in [2.75, 3.05) is 26.2 Å². The maximum atomic E-state index is 14.2. The largest absolute Gasteiger partial charge is 0.388 e. The molecule has 2 saturated heterocycles. The van der Waals surface area contributed by atoms with Crippen LogP contribution in [-0.4, -0.2) is 87.6 Å². The third kappa shape index (κ3) is 6.46. The van der Waals surface area contributed by atoms with Gasteiger partial charge in [0.15, 0.2) is 10.8 Å². The number of likely N-dealkylation sites (tertiary alicyclic amines) is 2. The summed E-state index contributed by atoms with van der Waals surface area (Å²) in [4.78, 5) is 63.9. The number of aromatic nitrogens is 6. The molecule has 0 radical (unpaired) electrons. The number of hydrogen-bond donors (Lipinski definition) is 1. The molecule has 2 fully saturated rings. The number of rotatable bonds is 7. The molecular weight excluding hydrogens is 697 g/mol. The Bertz CT molecular complexity index is 2290. The van der Waals surface area contributed by atoms with E-state index < -0.39 is 5.60 Å². The molecule has 0 aliphatic carbocycles. The van der Waals surface area contributed by atoms with Gasteiger partial charge in [0.2, 0.25) is 5.91 Å². The maximum absolute atomic E-state index is 14.2. The molecule has 2 atom stereocenters. The van der Waals surface area contributed by atoms with E-state index in [0.717, 1.165) is 27.0 Å². The smallest absolute Gasteiger partial charge is 0.265 e. The van der Waals surface area contributed by atoms with E-state index in [2.05, 4.69) is 15.0 Å². The third-order valence-corrected chi connectivity index (χ3v) is 12.3. The molecule has 5 aromatic heterocycles. The fourth-order valence-electron chi connectivity index (χ4n) is 7.44. The fraction of sp³-hybridized carbons (Fsp3) is 0.342. The summed E-state index contributed by atoms with van der Waals surface area (Å²) in [5.41, 5.74) is 2.64. The van der Waals surface area contributed by atoms with Crippen LogP contribution in [0, 0.1) is 19.8 Å². The minimum Gasteiger partial charge on any atom is -0.388 e. The van der Waals surface area contributed by atoms with Crippen molar-refractivity contribution < 1.29 is 14.7 Å². The quantitative estimate of drug-likeness (QED) is 0.240. The summed E-state index contributed by atoms with van der Waals surface area (Å²) in [7, 11) is 0. The van der Waals surface area contributed by atoms with Crippen LogP contribution >= 0.6 is 22.7 Å². The van der Waals surface area contributed by atoms with Crippen molar-refractivity contribution >= 4 is 45.5 Å². The summed E-state index contributed by atoms with van der Waals surface area (Å²) in [6, 6.07) is 15.6. The van der Waals surface area contributed by atoms with Crippen LogP contribution in [0.3, 0.4) is 0 Å². The van der Waals surface area contributed by atoms with Gasteiger partial charge in [-0.1, -0.05) is 30.3 Å². The van der Waals surface area contributed by atoms with Gasteiger partial charge in [0, 0.05) is 73.2 Å². The second kappa shape index (κ2) is 13.8. The Morgan fingerprint density at radius 1 is 0.981 bits per heavy atom. The Balaban J connectivity index is 0.955. The van der Waals surface area contributed by atoms with Crippen LogP contribution in [0.2, 0.25) is 0 Å². The first-order valence-electron chi connectivity index (χ1n) is 17.4. The van der Waals surface area contributed by atoms with Crippen molar-refractivity contribution in [3.63, 3.8) is 0 Å². The van der Waals surface area contributed by atoms with Crippen LogP contribution in [0.5, 0.6) is 0 Å². The molecule has 0 bridgehead atoms. The number of hydrogen-bond acceptors (Lipinski definition) is 10. The Kier molecular flexibility index (Phi) is 9.05. The molecule has 1 N–H and O–H groups in total. The van der Waals surface area contributed by atoms with Crippen molar-refractivity contribution in [3.05, 3.63) is 111 Å². The number of carbonyl (C=O) groups is 2. The van der Waals surface area contributed by atoms with Crippen molar-refractivity contribution in [1.82, 2.24) is 38.9 Å². The normalized spacial score (nSPS) is 18.9. The second-order valence-electron chi connectivity index (χ2n) is 13.8. The summed E-state index contributed by atoms with van der Waals surface area (Å²) >= 11 is 2.84. The average molecular weight is 735 g/mol. The minimum absolute atomic E-state index is 0.0370. The van der Waals surface area contributed by atoms with Crippen LogP contribution in [0.25, 0.3) is 26.7 Å². The van der Waals surface area contributed by atoms with E-state index in [1.54, 1.807) is 29.2 Å². The monoisotopic (exact) mass is 734 g/mol. The zero-order valence-corrected chi connectivity index (χ0v) is 30.5. The minimum atomic E-state index is -1.16. The summed E-state index contributed by atoms with van der Waals surface area (Å²) in [5, 5.41) is 15.4. The number of aryl methyl sites for hydroxylation is 2. The van der Waals surface area contributed by atoms with E-state index in [9.17, 15) is 19.5 Å². The molecule has 52 heavy (non-hydrogen) atoms. The fourth-order valence-corrected chi connectivity index (χ4v) is 9.09. The SMILES string of the molecule is Cc1ccc(-c2nc(C)c(C(=O)N3CC[C@@H](C(=O)N4CCC(O)(Cn5cnc6c(ccn6-c6nccs6)c5=O)CC4)[C@H](c4ccccc4)C3)s2)cn1. The van der Waals surface area contributed by atoms with Gasteiger partial charge in [-0.25, -0.2) is 15.0 Å². The van der Waals surface area contributed by atoms with Crippen LogP contribution in [0.15, 0.2) is 83.6 Å². The first-order chi connectivity index (χ1) is 25.2. The molecule has 0 spiro atoms. The number of aliphatic hydroxyl groups is 1. The standard InChI is InChI=1S/C38H38N8O4S2/c1-24-8-9-27(20-40-24)33-42-25(2)31(52-33)36(49)44-15-10-28(30(21-44)26-6-4-3-5-7-26)34(47)43-17-12-38(50,13-18-43)22-45-23-41-32-29(35(45)48)11-16-46(32)37-39-14-19-51-37/h3-9,11,14,16,19-20,23,28,30,50H,10,12-13,15,17-18,21-22H2,1-2H3/t28-,30+/m1/s1. The summed E-state index contributed by atoms with van der Waals surface area (Å²) in [5.74, 6) is -0.534. The molecule has 8 rings (SSSR count). The highest BCUT2D eigenvalue weighted by atomic mass is 32.1. The number of amides is 2. The average Bonchev–Trinajstić information content (AvgIpc) is 3.94. The molecule has 0 saturated carbocycles. The first-order valence-corrected chi connectivity index (χ1v) is 19.1. The maximum Gasteiger partial charge on any atom is 0.265 e. The molecule has 2 aliphatic heterocycles. The number of carbonyl (C=O) groups excluding carboxylic acids is 2. The lowest BCUT2D eigenvalue weighted by Crippen LogP contribution is -2.53. The Morgan fingerprint density at radius 2 is 1.79 bits per heavy atom. The van der Waals surface area contributed by atoms with E-state index in [4.69, 9.17) is 4.98 Å². The second-order valence-corrected chi connectivity index (χ2v) is 15.6. The molecule has 14 heteroatoms. The van der Waals surface area contributed by atoms with Crippen molar-refractivity contribution in [1.29, 1.82) is 0 Å². The molecule has 0 unspecified atom stereocenters. The number of piperidine rings is 2. The Hall–Kier alpha value is -5.05. The molecule has 6 aromatic rings. The third-order valence-electron chi connectivity index (χ3n) is 10.4. The predicted molar refractivity (Wildman–Crippen MR) is 200 cm³/mol. The van der Waals surface area contributed by atoms with E-state index in [1.165, 1.54) is 33.6 Å². The number of pyridine rings is 1. The number of nitrogens with zero attached hydrogens (tertiary/aromatic N) is 8. The van der Waals surface area contributed by atoms with Crippen LogP contribution in [-0.2, 0) is 11.3 Å². The summed E-state index contributed by atoms with van der Waals surface area (Å²) < 4.78 is 3.25. The van der Waals surface area contributed by atoms with Gasteiger partial charge in [-0.3, -0.25) is 28.5 Å². The molecule has 1 aromatic carbocycles. The lowest BCUT2D eigenvalue weighted by atomic mass is 9.79. The predicted octanol–water partition coefficient (Wildman–Crippen LogP) is 5.08. The highest BCUT2D eigenvalue weighted by Gasteiger charge is 2.42. The molecule has 7 heterocycles. The zero-order valence-electron chi connectivity index (χ0n) is 28.9. The highest BCUT2D eigenvalue weighted by molar-refractivity contribution is 7.17. The van der Waals surface area contributed by atoms with E-state index >= 15 is 0 Å². The lowest BCUT2D eigenvalue weighted by Gasteiger charge is -2.43. The molecule has 266 valence electrons. The summed E-state index contributed by atoms with van der Waals surface area (Å²) in [6.45, 7) is 5.50. The molecular formula is C38H38N8O4S2. The van der Waals surface area contributed by atoms with Crippen molar-refractivity contribution in [3.8, 4) is 15.7 Å². The first kappa shape index (κ1) is 34.1. The van der Waals surface area contributed by atoms with E-state index in [0.29, 0.717) is 67.0 Å². The van der Waals surface area contributed by atoms with Crippen LogP contribution in [0.1, 0.15) is 51.8 Å². The van der Waals surface area contributed by atoms with Gasteiger partial charge in [0.25, 0.3) is 11.5 Å². The van der Waals surface area contributed by atoms with Gasteiger partial charge >= 0.3 is 0 Å². The number of thiazole rings is 2. The molecule has 12 nitrogen and oxygen atoms in total. The van der Waals surface area contributed by atoms with Crippen LogP contribution < -0.4 is 5.56 Å². The van der Waals surface area contributed by atoms with Crippen molar-refractivity contribution in [2.24, 2.45) is 5.92 Å². The van der Waals surface area contributed by atoms with E-state index in [-0.39, 0.29) is 35.8 Å². The topological polar surface area (TPSA) is 139 Å². The van der Waals surface area contributed by atoms with Crippen LogP contribution in [0.4, 0.5) is 0 Å². The Morgan fingerprint density at radius 3 is 2.52 bits per heavy atom. The van der Waals surface area contributed by atoms with Gasteiger partial charge in [-0.05, 0) is 56.9 Å². The van der Waals surface area contributed by atoms with E-state index in [1.807, 2.05) is 71.5 Å². The van der Waals surface area contributed by atoms with Gasteiger partial charge in [-0.15, -0.1) is 22.7 Å². The van der Waals surface area contributed by atoms with Gasteiger partial charge in [0.1, 0.15) is 16.2 Å². The Labute approximate surface area is 308 Å². The zero-order chi connectivity index (χ0) is 36.0. The van der Waals surface area contributed by atoms with Gasteiger partial charge in [0.05, 0.1) is 23.2 Å². The molecule has 2 aliphatic rings. The van der Waals surface area contributed by atoms with Gasteiger partial charge < -0.3 is 14.9 Å². The number of fused-ring (bicyclic) bond motifs is 1. The lowest BCUT2D eigenvalue weighted by molar-refractivity contribution is -0.142. The van der Waals surface area contributed by atoms with Crippen molar-refractivity contribution in [2.45, 2.75) is 51.2 Å².